The van der Waals surface area contributed by atoms with Gasteiger partial charge in [0.2, 0.25) is 0 Å². The third-order valence-corrected chi connectivity index (χ3v) is 3.64. The molecule has 0 aliphatic rings. The number of nitrogens with two attached hydrogens (primary N) is 1. The molecule has 0 aliphatic carbocycles. The second-order valence-electron chi connectivity index (χ2n) is 6.37. The average Bonchev–Trinajstić information content (AvgIpc) is 2.67. The summed E-state index contributed by atoms with van der Waals surface area (Å²) in [7, 11) is 1.42. The summed E-state index contributed by atoms with van der Waals surface area (Å²) < 4.78 is 10.5. The number of carbonyl (C=O) groups excluding carboxylic acids is 3. The third kappa shape index (κ3) is 6.42. The van der Waals surface area contributed by atoms with Crippen molar-refractivity contribution in [3.05, 3.63) is 48.0 Å². The van der Waals surface area contributed by atoms with Crippen molar-refractivity contribution in [3.8, 4) is 11.5 Å². The number of carbonyl (C=O) groups is 3. The Morgan fingerprint density at radius 2 is 1.66 bits per heavy atom. The molecule has 4 amide bonds. The van der Waals surface area contributed by atoms with Crippen molar-refractivity contribution in [1.82, 2.24) is 5.32 Å². The molecule has 2 aromatic carbocycles. The smallest absolute Gasteiger partial charge is 0.319 e. The van der Waals surface area contributed by atoms with Crippen LogP contribution in [-0.4, -0.2) is 37.6 Å². The molecule has 0 fully saturated rings. The lowest BCUT2D eigenvalue weighted by molar-refractivity contribution is -0.119. The number of methoxy groups -OCH3 is 1. The molecule has 0 bridgehead atoms. The van der Waals surface area contributed by atoms with Crippen molar-refractivity contribution >= 4 is 29.2 Å². The van der Waals surface area contributed by atoms with Crippen LogP contribution in [0.1, 0.15) is 24.2 Å². The molecular weight excluding hydrogens is 376 g/mol. The predicted octanol–water partition coefficient (Wildman–Crippen LogP) is 2.34. The number of benzene rings is 2. The van der Waals surface area contributed by atoms with E-state index >= 15 is 0 Å². The second kappa shape index (κ2) is 9.98. The fraction of sp³-hybridized carbons (Fsp3) is 0.250. The van der Waals surface area contributed by atoms with E-state index in [0.717, 1.165) is 0 Å². The highest BCUT2D eigenvalue weighted by Gasteiger charge is 2.14. The summed E-state index contributed by atoms with van der Waals surface area (Å²) >= 11 is 0. The Balaban J connectivity index is 2.16. The molecular formula is C20H24N4O5. The van der Waals surface area contributed by atoms with Gasteiger partial charge in [0.15, 0.2) is 18.1 Å². The van der Waals surface area contributed by atoms with E-state index < -0.39 is 11.8 Å². The number of amides is 4. The summed E-state index contributed by atoms with van der Waals surface area (Å²) in [5.41, 5.74) is 6.25. The fourth-order valence-electron chi connectivity index (χ4n) is 2.39. The van der Waals surface area contributed by atoms with Crippen LogP contribution in [0.2, 0.25) is 0 Å². The maximum Gasteiger partial charge on any atom is 0.319 e. The monoisotopic (exact) mass is 400 g/mol. The van der Waals surface area contributed by atoms with Gasteiger partial charge in [-0.25, -0.2) is 4.79 Å². The summed E-state index contributed by atoms with van der Waals surface area (Å²) in [6, 6.07) is 10.9. The minimum atomic E-state index is -0.625. The Morgan fingerprint density at radius 1 is 1.00 bits per heavy atom. The molecule has 0 spiro atoms. The standard InChI is InChI=1S/C20H24N4O5/c1-12(2)22-20(27)24-15-7-5-4-6-14(15)23-19(26)13-8-9-16(17(10-13)28-3)29-11-18(21)25/h4-10,12H,11H2,1-3H3,(H2,21,25)(H,23,26)(H2,22,24,27). The van der Waals surface area contributed by atoms with Gasteiger partial charge in [0.05, 0.1) is 18.5 Å². The SMILES string of the molecule is COc1cc(C(=O)Nc2ccccc2NC(=O)NC(C)C)ccc1OCC(N)=O. The number of urea groups is 1. The summed E-state index contributed by atoms with van der Waals surface area (Å²) in [4.78, 5) is 35.5. The summed E-state index contributed by atoms with van der Waals surface area (Å²) in [5.74, 6) is -0.473. The number of ether oxygens (including phenoxy) is 2. The molecule has 0 radical (unpaired) electrons. The highest BCUT2D eigenvalue weighted by molar-refractivity contribution is 6.07. The Bertz CT molecular complexity index is 898. The Morgan fingerprint density at radius 3 is 2.24 bits per heavy atom. The minimum absolute atomic E-state index is 0.0282. The Kier molecular flexibility index (Phi) is 7.41. The lowest BCUT2D eigenvalue weighted by atomic mass is 10.1. The Hall–Kier alpha value is -3.75. The zero-order valence-corrected chi connectivity index (χ0v) is 16.4. The molecule has 154 valence electrons. The van der Waals surface area contributed by atoms with E-state index in [1.807, 2.05) is 13.8 Å². The lowest BCUT2D eigenvalue weighted by Crippen LogP contribution is -2.34. The summed E-state index contributed by atoms with van der Waals surface area (Å²) in [6.45, 7) is 3.38. The Labute approximate surface area is 168 Å². The highest BCUT2D eigenvalue weighted by atomic mass is 16.5. The fourth-order valence-corrected chi connectivity index (χ4v) is 2.39. The van der Waals surface area contributed by atoms with E-state index in [0.29, 0.717) is 16.9 Å². The molecule has 0 unspecified atom stereocenters. The van der Waals surface area contributed by atoms with Crippen LogP contribution >= 0.6 is 0 Å². The van der Waals surface area contributed by atoms with Gasteiger partial charge in [-0.05, 0) is 44.2 Å². The molecule has 2 aromatic rings. The topological polar surface area (TPSA) is 132 Å². The minimum Gasteiger partial charge on any atom is -0.493 e. The highest BCUT2D eigenvalue weighted by Crippen LogP contribution is 2.29. The number of rotatable bonds is 8. The first-order chi connectivity index (χ1) is 13.8. The van der Waals surface area contributed by atoms with Gasteiger partial charge in [-0.1, -0.05) is 12.1 Å². The van der Waals surface area contributed by atoms with Gasteiger partial charge in [0.1, 0.15) is 0 Å². The van der Waals surface area contributed by atoms with E-state index in [4.69, 9.17) is 15.2 Å². The molecule has 0 heterocycles. The third-order valence-electron chi connectivity index (χ3n) is 3.64. The quantitative estimate of drug-likeness (QED) is 0.540. The maximum atomic E-state index is 12.7. The maximum absolute atomic E-state index is 12.7. The van der Waals surface area contributed by atoms with Gasteiger partial charge in [-0.2, -0.15) is 0 Å². The number of para-hydroxylation sites is 2. The van der Waals surface area contributed by atoms with Crippen LogP contribution in [0, 0.1) is 0 Å². The van der Waals surface area contributed by atoms with Gasteiger partial charge in [0, 0.05) is 11.6 Å². The number of nitrogens with one attached hydrogen (secondary N) is 3. The molecule has 0 atom stereocenters. The van der Waals surface area contributed by atoms with E-state index in [1.54, 1.807) is 24.3 Å². The number of hydrogen-bond donors (Lipinski definition) is 4. The van der Waals surface area contributed by atoms with Crippen molar-refractivity contribution in [1.29, 1.82) is 0 Å². The molecule has 0 aromatic heterocycles. The van der Waals surface area contributed by atoms with Crippen LogP contribution in [0.5, 0.6) is 11.5 Å². The molecule has 2 rings (SSSR count). The molecule has 0 saturated carbocycles. The largest absolute Gasteiger partial charge is 0.493 e. The summed E-state index contributed by atoms with van der Waals surface area (Å²) in [6.07, 6.45) is 0. The second-order valence-corrected chi connectivity index (χ2v) is 6.37. The van der Waals surface area contributed by atoms with Crippen LogP contribution < -0.4 is 31.2 Å². The summed E-state index contributed by atoms with van der Waals surface area (Å²) in [5, 5.41) is 8.18. The van der Waals surface area contributed by atoms with Crippen molar-refractivity contribution in [2.75, 3.05) is 24.4 Å². The average molecular weight is 400 g/mol. The molecule has 0 aliphatic heterocycles. The van der Waals surface area contributed by atoms with Crippen molar-refractivity contribution in [3.63, 3.8) is 0 Å². The van der Waals surface area contributed by atoms with Gasteiger partial charge < -0.3 is 31.2 Å². The van der Waals surface area contributed by atoms with Crippen LogP contribution in [0.4, 0.5) is 16.2 Å². The molecule has 29 heavy (non-hydrogen) atoms. The first kappa shape index (κ1) is 21.5. The first-order valence-corrected chi connectivity index (χ1v) is 8.87. The molecule has 0 saturated heterocycles. The van der Waals surface area contributed by atoms with Gasteiger partial charge in [-0.15, -0.1) is 0 Å². The van der Waals surface area contributed by atoms with Crippen molar-refractivity contribution in [2.45, 2.75) is 19.9 Å². The van der Waals surface area contributed by atoms with Gasteiger partial charge in [-0.3, -0.25) is 9.59 Å². The molecule has 9 nitrogen and oxygen atoms in total. The zero-order valence-electron chi connectivity index (χ0n) is 16.4. The zero-order chi connectivity index (χ0) is 21.4. The first-order valence-electron chi connectivity index (χ1n) is 8.87. The normalized spacial score (nSPS) is 10.2. The van der Waals surface area contributed by atoms with Crippen LogP contribution in [0.15, 0.2) is 42.5 Å². The van der Waals surface area contributed by atoms with Gasteiger partial charge >= 0.3 is 6.03 Å². The predicted molar refractivity (Wildman–Crippen MR) is 109 cm³/mol. The molecule has 5 N–H and O–H groups in total. The number of hydrogen-bond acceptors (Lipinski definition) is 5. The lowest BCUT2D eigenvalue weighted by Gasteiger charge is -2.15. The van der Waals surface area contributed by atoms with Crippen molar-refractivity contribution in [2.24, 2.45) is 5.73 Å². The van der Waals surface area contributed by atoms with E-state index in [2.05, 4.69) is 16.0 Å². The van der Waals surface area contributed by atoms with E-state index in [9.17, 15) is 14.4 Å². The van der Waals surface area contributed by atoms with E-state index in [-0.39, 0.29) is 30.2 Å². The van der Waals surface area contributed by atoms with Crippen LogP contribution in [0.3, 0.4) is 0 Å². The van der Waals surface area contributed by atoms with Crippen LogP contribution in [-0.2, 0) is 4.79 Å². The van der Waals surface area contributed by atoms with Gasteiger partial charge in [0.25, 0.3) is 11.8 Å². The number of primary amides is 1. The van der Waals surface area contributed by atoms with Crippen molar-refractivity contribution < 1.29 is 23.9 Å². The molecule has 9 heteroatoms. The number of anilines is 2. The van der Waals surface area contributed by atoms with E-state index in [1.165, 1.54) is 25.3 Å². The van der Waals surface area contributed by atoms with Crippen LogP contribution in [0.25, 0.3) is 0 Å².